The Bertz CT molecular complexity index is 926. The van der Waals surface area contributed by atoms with Crippen molar-refractivity contribution < 1.29 is 14.7 Å². The van der Waals surface area contributed by atoms with E-state index in [1.165, 1.54) is 4.90 Å². The summed E-state index contributed by atoms with van der Waals surface area (Å²) in [5.41, 5.74) is 4.92. The normalized spacial score (nSPS) is 19.6. The first-order valence-electron chi connectivity index (χ1n) is 11.2. The summed E-state index contributed by atoms with van der Waals surface area (Å²) in [7, 11) is 0. The fourth-order valence-electron chi connectivity index (χ4n) is 4.05. The molecule has 1 saturated heterocycles. The number of likely N-dealkylation sites (tertiary alicyclic amines) is 1. The van der Waals surface area contributed by atoms with Crippen molar-refractivity contribution in [2.75, 3.05) is 6.54 Å². The average molecular weight is 459 g/mol. The molecule has 0 aliphatic carbocycles. The summed E-state index contributed by atoms with van der Waals surface area (Å²) in [5, 5.41) is 16.4. The molecule has 7 nitrogen and oxygen atoms in total. The largest absolute Gasteiger partial charge is 0.391 e. The first-order valence-corrected chi connectivity index (χ1v) is 12.1. The second kappa shape index (κ2) is 10.6. The highest BCUT2D eigenvalue weighted by atomic mass is 32.1. The van der Waals surface area contributed by atoms with Gasteiger partial charge >= 0.3 is 0 Å². The summed E-state index contributed by atoms with van der Waals surface area (Å²) in [5.74, 6) is -0.286. The van der Waals surface area contributed by atoms with Crippen molar-refractivity contribution in [1.29, 1.82) is 0 Å². The van der Waals surface area contributed by atoms with Crippen LogP contribution in [0.3, 0.4) is 0 Å². The van der Waals surface area contributed by atoms with Gasteiger partial charge in [-0.2, -0.15) is 0 Å². The molecule has 8 heteroatoms. The minimum Gasteiger partial charge on any atom is -0.391 e. The van der Waals surface area contributed by atoms with Gasteiger partial charge in [0.05, 0.1) is 28.2 Å². The average Bonchev–Trinajstić information content (AvgIpc) is 3.35. The Labute approximate surface area is 194 Å². The zero-order valence-electron chi connectivity index (χ0n) is 19.5. The van der Waals surface area contributed by atoms with Crippen LogP contribution in [0.1, 0.15) is 45.4 Å². The molecule has 0 saturated carbocycles. The molecule has 2 heterocycles. The molecule has 1 aromatic carbocycles. The second-order valence-corrected chi connectivity index (χ2v) is 9.98. The quantitative estimate of drug-likeness (QED) is 0.565. The van der Waals surface area contributed by atoms with Crippen LogP contribution in [-0.4, -0.2) is 57.6 Å². The third-order valence-electron chi connectivity index (χ3n) is 5.74. The minimum absolute atomic E-state index is 0.0760. The van der Waals surface area contributed by atoms with Crippen LogP contribution < -0.4 is 10.6 Å². The molecule has 3 N–H and O–H groups in total. The fraction of sp³-hybridized carbons (Fsp3) is 0.542. The van der Waals surface area contributed by atoms with Gasteiger partial charge in [-0.25, -0.2) is 4.98 Å². The lowest BCUT2D eigenvalue weighted by Gasteiger charge is -2.31. The third kappa shape index (κ3) is 5.74. The number of amides is 2. The van der Waals surface area contributed by atoms with Crippen LogP contribution in [0.4, 0.5) is 0 Å². The molecule has 1 aromatic heterocycles. The van der Waals surface area contributed by atoms with Gasteiger partial charge in [-0.3, -0.25) is 9.59 Å². The Hall–Kier alpha value is -2.29. The molecule has 1 aliphatic rings. The van der Waals surface area contributed by atoms with Gasteiger partial charge in [0.25, 0.3) is 0 Å². The Morgan fingerprint density at radius 3 is 2.47 bits per heavy atom. The summed E-state index contributed by atoms with van der Waals surface area (Å²) >= 11 is 1.61. The Kier molecular flexibility index (Phi) is 8.03. The first kappa shape index (κ1) is 24.4. The van der Waals surface area contributed by atoms with Crippen molar-refractivity contribution in [1.82, 2.24) is 20.5 Å². The molecule has 0 bridgehead atoms. The van der Waals surface area contributed by atoms with Crippen LogP contribution in [0.15, 0.2) is 29.8 Å². The van der Waals surface area contributed by atoms with Crippen molar-refractivity contribution in [3.05, 3.63) is 41.0 Å². The molecule has 1 aliphatic heterocycles. The number of aliphatic hydroxyl groups excluding tert-OH is 1. The van der Waals surface area contributed by atoms with E-state index < -0.39 is 18.2 Å². The molecular formula is C24H34N4O3S. The van der Waals surface area contributed by atoms with Crippen molar-refractivity contribution >= 4 is 23.2 Å². The Morgan fingerprint density at radius 2 is 1.91 bits per heavy atom. The summed E-state index contributed by atoms with van der Waals surface area (Å²) in [6.07, 6.45) is -0.434. The maximum atomic E-state index is 13.2. The number of hydrogen-bond donors (Lipinski definition) is 3. The number of hydrogen-bond acceptors (Lipinski definition) is 6. The molecule has 2 aromatic rings. The maximum Gasteiger partial charge on any atom is 0.243 e. The number of nitrogens with zero attached hydrogens (tertiary/aromatic N) is 2. The lowest BCUT2D eigenvalue weighted by Crippen LogP contribution is -2.55. The van der Waals surface area contributed by atoms with E-state index in [0.29, 0.717) is 6.54 Å². The zero-order chi connectivity index (χ0) is 23.4. The molecule has 1 fully saturated rings. The van der Waals surface area contributed by atoms with Gasteiger partial charge in [-0.05, 0) is 24.0 Å². The summed E-state index contributed by atoms with van der Waals surface area (Å²) in [4.78, 5) is 33.1. The van der Waals surface area contributed by atoms with Crippen molar-refractivity contribution in [2.24, 2.45) is 5.92 Å². The fourth-order valence-corrected chi connectivity index (χ4v) is 4.86. The van der Waals surface area contributed by atoms with Crippen LogP contribution in [0.25, 0.3) is 10.4 Å². The number of aryl methyl sites for hydroxylation is 1. The summed E-state index contributed by atoms with van der Waals surface area (Å²) in [6, 6.07) is 7.13. The van der Waals surface area contributed by atoms with E-state index in [1.807, 2.05) is 64.4 Å². The zero-order valence-corrected chi connectivity index (χ0v) is 20.3. The van der Waals surface area contributed by atoms with Crippen molar-refractivity contribution in [2.45, 2.75) is 71.8 Å². The second-order valence-electron chi connectivity index (χ2n) is 9.12. The van der Waals surface area contributed by atoms with Crippen LogP contribution >= 0.6 is 11.3 Å². The number of thiazole rings is 1. The van der Waals surface area contributed by atoms with E-state index in [-0.39, 0.29) is 36.7 Å². The molecule has 0 unspecified atom stereocenters. The molecule has 174 valence electrons. The number of aliphatic hydroxyl groups is 1. The lowest BCUT2D eigenvalue weighted by molar-refractivity contribution is -0.141. The first-order chi connectivity index (χ1) is 15.2. The van der Waals surface area contributed by atoms with Gasteiger partial charge < -0.3 is 20.6 Å². The number of aromatic nitrogens is 1. The standard InChI is InChI=1S/C24H34N4O3S/c1-14(2)21(27-15(3)4)24(31)28-12-19(29)10-20(28)23(30)25-11-17-6-8-18(9-7-17)22-16(5)26-13-32-22/h6-9,13-15,19-21,27,29H,10-12H2,1-5H3,(H,25,30)/t19-,20+,21+/m1/s1. The molecule has 3 atom stereocenters. The SMILES string of the molecule is Cc1ncsc1-c1ccc(CNC(=O)[C@@H]2C[C@@H](O)CN2C(=O)[C@@H](NC(C)C)C(C)C)cc1. The van der Waals surface area contributed by atoms with Gasteiger partial charge in [0.1, 0.15) is 6.04 Å². The van der Waals surface area contributed by atoms with Crippen LogP contribution in [0.2, 0.25) is 0 Å². The monoisotopic (exact) mass is 458 g/mol. The smallest absolute Gasteiger partial charge is 0.243 e. The Balaban J connectivity index is 1.64. The minimum atomic E-state index is -0.691. The van der Waals surface area contributed by atoms with E-state index in [9.17, 15) is 14.7 Å². The number of carbonyl (C=O) groups excluding carboxylic acids is 2. The molecule has 32 heavy (non-hydrogen) atoms. The van der Waals surface area contributed by atoms with E-state index in [1.54, 1.807) is 11.3 Å². The third-order valence-corrected chi connectivity index (χ3v) is 6.72. The highest BCUT2D eigenvalue weighted by molar-refractivity contribution is 7.13. The van der Waals surface area contributed by atoms with E-state index in [4.69, 9.17) is 0 Å². The summed E-state index contributed by atoms with van der Waals surface area (Å²) in [6.45, 7) is 10.5. The van der Waals surface area contributed by atoms with Gasteiger partial charge in [0.15, 0.2) is 0 Å². The van der Waals surface area contributed by atoms with Gasteiger partial charge in [0, 0.05) is 25.6 Å². The number of rotatable bonds is 8. The molecule has 0 spiro atoms. The topological polar surface area (TPSA) is 94.6 Å². The van der Waals surface area contributed by atoms with Gasteiger partial charge in [-0.15, -0.1) is 11.3 Å². The number of β-amino-alcohol motifs (C(OH)–C–C–N with tert-alkyl or cyclic N) is 1. The van der Waals surface area contributed by atoms with Crippen LogP contribution in [0, 0.1) is 12.8 Å². The van der Waals surface area contributed by atoms with E-state index in [2.05, 4.69) is 15.6 Å². The van der Waals surface area contributed by atoms with E-state index >= 15 is 0 Å². The number of carbonyl (C=O) groups is 2. The van der Waals surface area contributed by atoms with Crippen LogP contribution in [0.5, 0.6) is 0 Å². The molecule has 2 amide bonds. The maximum absolute atomic E-state index is 13.2. The predicted molar refractivity (Wildman–Crippen MR) is 127 cm³/mol. The Morgan fingerprint density at radius 1 is 1.22 bits per heavy atom. The van der Waals surface area contributed by atoms with Gasteiger partial charge in [-0.1, -0.05) is 52.0 Å². The molecular weight excluding hydrogens is 424 g/mol. The predicted octanol–water partition coefficient (Wildman–Crippen LogP) is 2.72. The van der Waals surface area contributed by atoms with Crippen molar-refractivity contribution in [3.63, 3.8) is 0 Å². The van der Waals surface area contributed by atoms with E-state index in [0.717, 1.165) is 21.7 Å². The van der Waals surface area contributed by atoms with Crippen LogP contribution in [-0.2, 0) is 16.1 Å². The van der Waals surface area contributed by atoms with Crippen molar-refractivity contribution in [3.8, 4) is 10.4 Å². The highest BCUT2D eigenvalue weighted by Crippen LogP contribution is 2.27. The lowest BCUT2D eigenvalue weighted by atomic mass is 10.0. The number of nitrogens with one attached hydrogen (secondary N) is 2. The molecule has 0 radical (unpaired) electrons. The highest BCUT2D eigenvalue weighted by Gasteiger charge is 2.41. The molecule has 3 rings (SSSR count). The number of benzene rings is 1. The summed E-state index contributed by atoms with van der Waals surface area (Å²) < 4.78 is 0. The van der Waals surface area contributed by atoms with Gasteiger partial charge in [0.2, 0.25) is 11.8 Å².